The Bertz CT molecular complexity index is 1180. The third kappa shape index (κ3) is 6.52. The van der Waals surface area contributed by atoms with Gasteiger partial charge in [-0.05, 0) is 42.7 Å². The minimum Gasteiger partial charge on any atom is -0.497 e. The zero-order chi connectivity index (χ0) is 25.5. The van der Waals surface area contributed by atoms with Gasteiger partial charge in [0.05, 0.1) is 13.7 Å². The number of rotatable bonds is 9. The molecule has 0 saturated carbocycles. The van der Waals surface area contributed by atoms with Crippen molar-refractivity contribution in [2.24, 2.45) is 0 Å². The number of hydrogen-bond acceptors (Lipinski definition) is 7. The smallest absolute Gasteiger partial charge is 0.331 e. The molecule has 1 saturated heterocycles. The maximum absolute atomic E-state index is 14.6. The summed E-state index contributed by atoms with van der Waals surface area (Å²) in [6, 6.07) is 10.4. The van der Waals surface area contributed by atoms with Gasteiger partial charge in [0.2, 0.25) is 0 Å². The Morgan fingerprint density at radius 2 is 1.92 bits per heavy atom. The first-order valence-corrected chi connectivity index (χ1v) is 11.6. The molecule has 36 heavy (non-hydrogen) atoms. The molecule has 1 unspecified atom stereocenters. The molecule has 1 N–H and O–H groups in total. The second kappa shape index (κ2) is 11.4. The molecule has 0 bridgehead atoms. The first kappa shape index (κ1) is 25.5. The van der Waals surface area contributed by atoms with Crippen LogP contribution in [0.5, 0.6) is 5.75 Å². The second-order valence-electron chi connectivity index (χ2n) is 8.77. The summed E-state index contributed by atoms with van der Waals surface area (Å²) in [6.07, 6.45) is 6.68. The van der Waals surface area contributed by atoms with Gasteiger partial charge in [-0.2, -0.15) is 5.10 Å². The average Bonchev–Trinajstić information content (AvgIpc) is 3.37. The molecule has 4 rings (SSSR count). The fourth-order valence-corrected chi connectivity index (χ4v) is 4.31. The largest absolute Gasteiger partial charge is 0.497 e. The molecule has 0 aliphatic carbocycles. The number of nitrogens with zero attached hydrogens (tertiary/aromatic N) is 4. The van der Waals surface area contributed by atoms with E-state index >= 15 is 0 Å². The number of methoxy groups -OCH3 is 1. The number of aliphatic hydroxyl groups is 1. The fourth-order valence-electron chi connectivity index (χ4n) is 4.31. The van der Waals surface area contributed by atoms with E-state index in [4.69, 9.17) is 9.47 Å². The van der Waals surface area contributed by atoms with E-state index in [-0.39, 0.29) is 24.8 Å². The molecule has 2 aromatic carbocycles. The molecular weight excluding hydrogens is 470 g/mol. The van der Waals surface area contributed by atoms with Crippen molar-refractivity contribution in [2.45, 2.75) is 31.1 Å². The molecule has 10 heteroatoms. The molecule has 8 nitrogen and oxygen atoms in total. The van der Waals surface area contributed by atoms with Crippen LogP contribution >= 0.6 is 0 Å². The minimum absolute atomic E-state index is 0.0170. The Morgan fingerprint density at radius 3 is 2.56 bits per heavy atom. The number of benzene rings is 2. The maximum Gasteiger partial charge on any atom is 0.331 e. The molecule has 1 aliphatic rings. The van der Waals surface area contributed by atoms with Crippen molar-refractivity contribution in [3.63, 3.8) is 0 Å². The van der Waals surface area contributed by atoms with E-state index in [1.165, 1.54) is 29.5 Å². The van der Waals surface area contributed by atoms with Crippen LogP contribution in [-0.2, 0) is 21.7 Å². The van der Waals surface area contributed by atoms with Crippen LogP contribution in [0.4, 0.5) is 8.78 Å². The number of carbonyl (C=O) groups is 1. The minimum atomic E-state index is -1.67. The molecule has 2 heterocycles. The third-order valence-corrected chi connectivity index (χ3v) is 6.15. The molecule has 0 radical (unpaired) electrons. The number of likely N-dealkylation sites (tertiary alicyclic amines) is 1. The number of carbonyl (C=O) groups excluding carboxylic acids is 1. The molecule has 3 aromatic rings. The van der Waals surface area contributed by atoms with Gasteiger partial charge in [-0.3, -0.25) is 4.90 Å². The van der Waals surface area contributed by atoms with E-state index < -0.39 is 23.2 Å². The second-order valence-corrected chi connectivity index (χ2v) is 8.77. The molecule has 0 amide bonds. The van der Waals surface area contributed by atoms with Gasteiger partial charge in [-0.25, -0.2) is 23.2 Å². The van der Waals surface area contributed by atoms with Crippen LogP contribution in [-0.4, -0.2) is 63.6 Å². The normalized spacial score (nSPS) is 16.7. The lowest BCUT2D eigenvalue weighted by Gasteiger charge is -2.38. The van der Waals surface area contributed by atoms with Crippen LogP contribution in [0.3, 0.4) is 0 Å². The molecule has 1 fully saturated rings. The zero-order valence-electron chi connectivity index (χ0n) is 19.9. The molecule has 1 aliphatic heterocycles. The first-order valence-electron chi connectivity index (χ1n) is 11.6. The number of esters is 1. The van der Waals surface area contributed by atoms with Gasteiger partial charge in [0.1, 0.15) is 41.7 Å². The first-order chi connectivity index (χ1) is 17.3. The lowest BCUT2D eigenvalue weighted by atomic mass is 9.91. The number of aromatic nitrogens is 3. The van der Waals surface area contributed by atoms with Gasteiger partial charge in [0.15, 0.2) is 0 Å². The van der Waals surface area contributed by atoms with Gasteiger partial charge in [0.25, 0.3) is 0 Å². The van der Waals surface area contributed by atoms with Crippen LogP contribution in [0.15, 0.2) is 61.2 Å². The van der Waals surface area contributed by atoms with Gasteiger partial charge in [-0.1, -0.05) is 18.2 Å². The molecular formula is C26H28F2N4O4. The van der Waals surface area contributed by atoms with Crippen LogP contribution in [0.25, 0.3) is 6.08 Å². The number of β-amino-alcohol motifs (C(OH)–C–C–N with tert-alkyl or cyclic N) is 1. The van der Waals surface area contributed by atoms with Crippen molar-refractivity contribution in [3.05, 3.63) is 84.0 Å². The van der Waals surface area contributed by atoms with Crippen molar-refractivity contribution in [1.29, 1.82) is 0 Å². The summed E-state index contributed by atoms with van der Waals surface area (Å²) in [5.41, 5.74) is -0.838. The lowest BCUT2D eigenvalue weighted by Crippen LogP contribution is -2.48. The summed E-state index contributed by atoms with van der Waals surface area (Å²) in [4.78, 5) is 18.1. The third-order valence-electron chi connectivity index (χ3n) is 6.15. The standard InChI is InChI=1S/C26H28F2N4O4/c1-35-21-6-2-19(3-7-21)4-9-25(33)36-22-10-12-31(13-11-22)15-26(34,16-32-18-29-17-30-32)23-8-5-20(27)14-24(23)28/h2-9,14,17-18,22,34H,10-13,15-16H2,1H3/b9-4+. The topological polar surface area (TPSA) is 89.7 Å². The summed E-state index contributed by atoms with van der Waals surface area (Å²) < 4.78 is 40.2. The van der Waals surface area contributed by atoms with Gasteiger partial charge in [0, 0.05) is 37.3 Å². The van der Waals surface area contributed by atoms with Gasteiger partial charge < -0.3 is 14.6 Å². The lowest BCUT2D eigenvalue weighted by molar-refractivity contribution is -0.145. The summed E-state index contributed by atoms with van der Waals surface area (Å²) in [6.45, 7) is 1.10. The molecule has 190 valence electrons. The number of hydrogen-bond donors (Lipinski definition) is 1. The van der Waals surface area contributed by atoms with Crippen molar-refractivity contribution in [3.8, 4) is 5.75 Å². The van der Waals surface area contributed by atoms with E-state index in [1.54, 1.807) is 13.2 Å². The monoisotopic (exact) mass is 498 g/mol. The van der Waals surface area contributed by atoms with Crippen LogP contribution in [0.1, 0.15) is 24.0 Å². The highest BCUT2D eigenvalue weighted by Crippen LogP contribution is 2.29. The Kier molecular flexibility index (Phi) is 8.07. The van der Waals surface area contributed by atoms with Crippen molar-refractivity contribution >= 4 is 12.0 Å². The number of ether oxygens (including phenoxy) is 2. The SMILES string of the molecule is COc1ccc(/C=C/C(=O)OC2CCN(CC(O)(Cn3cncn3)c3ccc(F)cc3F)CC2)cc1. The Labute approximate surface area is 207 Å². The zero-order valence-corrected chi connectivity index (χ0v) is 19.9. The van der Waals surface area contributed by atoms with E-state index in [2.05, 4.69) is 10.1 Å². The predicted octanol–water partition coefficient (Wildman–Crippen LogP) is 3.17. The van der Waals surface area contributed by atoms with Crippen molar-refractivity contribution < 1.29 is 28.2 Å². The maximum atomic E-state index is 14.6. The highest BCUT2D eigenvalue weighted by Gasteiger charge is 2.37. The van der Waals surface area contributed by atoms with E-state index in [1.807, 2.05) is 29.2 Å². The Morgan fingerprint density at radius 1 is 1.17 bits per heavy atom. The van der Waals surface area contributed by atoms with Crippen molar-refractivity contribution in [1.82, 2.24) is 19.7 Å². The Hall–Kier alpha value is -3.63. The highest BCUT2D eigenvalue weighted by molar-refractivity contribution is 5.87. The van der Waals surface area contributed by atoms with Crippen LogP contribution in [0, 0.1) is 11.6 Å². The fraction of sp³-hybridized carbons (Fsp3) is 0.346. The highest BCUT2D eigenvalue weighted by atomic mass is 19.1. The number of halogens is 2. The predicted molar refractivity (Wildman–Crippen MR) is 128 cm³/mol. The molecule has 0 spiro atoms. The van der Waals surface area contributed by atoms with Crippen LogP contribution < -0.4 is 4.74 Å². The van der Waals surface area contributed by atoms with E-state index in [0.717, 1.165) is 23.4 Å². The number of piperidine rings is 1. The van der Waals surface area contributed by atoms with Gasteiger partial charge in [-0.15, -0.1) is 0 Å². The average molecular weight is 499 g/mol. The molecule has 1 atom stereocenters. The summed E-state index contributed by atoms with van der Waals surface area (Å²) in [5, 5.41) is 15.5. The van der Waals surface area contributed by atoms with E-state index in [0.29, 0.717) is 25.9 Å². The van der Waals surface area contributed by atoms with Gasteiger partial charge >= 0.3 is 5.97 Å². The van der Waals surface area contributed by atoms with Crippen LogP contribution in [0.2, 0.25) is 0 Å². The molecule has 1 aromatic heterocycles. The summed E-state index contributed by atoms with van der Waals surface area (Å²) in [7, 11) is 1.59. The summed E-state index contributed by atoms with van der Waals surface area (Å²) >= 11 is 0. The Balaban J connectivity index is 1.34. The quantitative estimate of drug-likeness (QED) is 0.358. The van der Waals surface area contributed by atoms with Crippen molar-refractivity contribution in [2.75, 3.05) is 26.7 Å². The van der Waals surface area contributed by atoms with E-state index in [9.17, 15) is 18.7 Å². The summed E-state index contributed by atoms with van der Waals surface area (Å²) in [5.74, 6) is -1.25.